The van der Waals surface area contributed by atoms with Crippen molar-refractivity contribution in [1.29, 1.82) is 0 Å². The van der Waals surface area contributed by atoms with E-state index < -0.39 is 33.1 Å². The van der Waals surface area contributed by atoms with Crippen LogP contribution in [0.1, 0.15) is 38.8 Å². The van der Waals surface area contributed by atoms with Crippen molar-refractivity contribution in [2.24, 2.45) is 5.41 Å². The van der Waals surface area contributed by atoms with Crippen LogP contribution in [0.25, 0.3) is 0 Å². The molecule has 0 aliphatic heterocycles. The number of benzene rings is 2. The quantitative estimate of drug-likeness (QED) is 0.531. The van der Waals surface area contributed by atoms with Gasteiger partial charge in [-0.3, -0.25) is 0 Å². The molecule has 1 unspecified atom stereocenters. The van der Waals surface area contributed by atoms with Crippen molar-refractivity contribution < 1.29 is 27.4 Å². The second-order valence-corrected chi connectivity index (χ2v) is 10.4. The molecule has 0 aliphatic carbocycles. The SMILES string of the molecule is CCS(=O)(=O)c1ccc(F)c(C#Cc2cc(Cl)ccc2OC(C(=O)O)C(C)(C)C)c1. The number of carboxylic acid groups (broad SMARTS) is 1. The van der Waals surface area contributed by atoms with Crippen LogP contribution in [0, 0.1) is 23.1 Å². The fraction of sp³-hybridized carbons (Fsp3) is 0.318. The summed E-state index contributed by atoms with van der Waals surface area (Å²) in [6.07, 6.45) is -1.16. The molecule has 0 amide bonds. The van der Waals surface area contributed by atoms with E-state index in [0.29, 0.717) is 5.02 Å². The Bertz CT molecular complexity index is 1120. The van der Waals surface area contributed by atoms with Gasteiger partial charge >= 0.3 is 5.97 Å². The molecule has 0 fully saturated rings. The number of ether oxygens (including phenoxy) is 1. The summed E-state index contributed by atoms with van der Waals surface area (Å²) in [4.78, 5) is 11.6. The number of carbonyl (C=O) groups is 1. The Morgan fingerprint density at radius 1 is 1.17 bits per heavy atom. The van der Waals surface area contributed by atoms with Crippen molar-refractivity contribution in [3.05, 3.63) is 58.4 Å². The molecule has 0 spiro atoms. The van der Waals surface area contributed by atoms with Gasteiger partial charge in [-0.1, -0.05) is 51.1 Å². The third kappa shape index (κ3) is 5.74. The number of hydrogen-bond donors (Lipinski definition) is 1. The molecule has 0 aromatic heterocycles. The van der Waals surface area contributed by atoms with E-state index in [0.717, 1.165) is 6.07 Å². The van der Waals surface area contributed by atoms with E-state index in [2.05, 4.69) is 11.8 Å². The van der Waals surface area contributed by atoms with Gasteiger partial charge in [0.25, 0.3) is 0 Å². The molecule has 2 aromatic carbocycles. The van der Waals surface area contributed by atoms with Crippen LogP contribution in [0.2, 0.25) is 5.02 Å². The van der Waals surface area contributed by atoms with Crippen LogP contribution in [0.3, 0.4) is 0 Å². The van der Waals surface area contributed by atoms with Crippen LogP contribution >= 0.6 is 11.6 Å². The van der Waals surface area contributed by atoms with Gasteiger partial charge in [-0.2, -0.15) is 0 Å². The molecular formula is C22H22ClFO5S. The van der Waals surface area contributed by atoms with Crippen LogP contribution in [0.15, 0.2) is 41.3 Å². The Labute approximate surface area is 180 Å². The standard InChI is InChI=1S/C22H22ClFO5S/c1-5-30(27,28)17-9-10-18(24)14(13-17)6-7-15-12-16(23)8-11-19(15)29-20(21(25)26)22(2,3)4/h8-13,20H,5H2,1-4H3,(H,25,26). The lowest BCUT2D eigenvalue weighted by Gasteiger charge is -2.28. The lowest BCUT2D eigenvalue weighted by Crippen LogP contribution is -2.39. The minimum Gasteiger partial charge on any atom is -0.478 e. The Balaban J connectivity index is 2.51. The summed E-state index contributed by atoms with van der Waals surface area (Å²) < 4.78 is 44.0. The summed E-state index contributed by atoms with van der Waals surface area (Å²) >= 11 is 6.03. The molecule has 0 saturated carbocycles. The molecule has 0 bridgehead atoms. The molecule has 8 heteroatoms. The Hall–Kier alpha value is -2.56. The maximum atomic E-state index is 14.2. The van der Waals surface area contributed by atoms with E-state index in [1.165, 1.54) is 37.3 Å². The Morgan fingerprint density at radius 3 is 2.37 bits per heavy atom. The number of halogens is 2. The van der Waals surface area contributed by atoms with Gasteiger partial charge in [-0.15, -0.1) is 0 Å². The van der Waals surface area contributed by atoms with Crippen LogP contribution in [0.5, 0.6) is 5.75 Å². The summed E-state index contributed by atoms with van der Waals surface area (Å²) in [6.45, 7) is 6.67. The largest absolute Gasteiger partial charge is 0.478 e. The highest BCUT2D eigenvalue weighted by molar-refractivity contribution is 7.91. The number of carboxylic acids is 1. The molecular weight excluding hydrogens is 431 g/mol. The highest BCUT2D eigenvalue weighted by Gasteiger charge is 2.33. The van der Waals surface area contributed by atoms with Gasteiger partial charge in [0, 0.05) is 10.4 Å². The minimum absolute atomic E-state index is 0.0306. The third-order valence-electron chi connectivity index (χ3n) is 4.21. The highest BCUT2D eigenvalue weighted by atomic mass is 35.5. The molecule has 1 atom stereocenters. The Morgan fingerprint density at radius 2 is 1.80 bits per heavy atom. The maximum Gasteiger partial charge on any atom is 0.345 e. The predicted octanol–water partition coefficient (Wildman–Crippen LogP) is 4.55. The summed E-state index contributed by atoms with van der Waals surface area (Å²) in [5, 5.41) is 9.83. The first-order valence-electron chi connectivity index (χ1n) is 9.08. The zero-order valence-corrected chi connectivity index (χ0v) is 18.6. The van der Waals surface area contributed by atoms with Crippen molar-refractivity contribution in [2.45, 2.75) is 38.7 Å². The van der Waals surface area contributed by atoms with Gasteiger partial charge in [-0.25, -0.2) is 17.6 Å². The second kappa shape index (κ2) is 9.07. The summed E-state index contributed by atoms with van der Waals surface area (Å²) in [5.41, 5.74) is -0.562. The fourth-order valence-electron chi connectivity index (χ4n) is 2.52. The third-order valence-corrected chi connectivity index (χ3v) is 6.17. The van der Waals surface area contributed by atoms with Gasteiger partial charge in [-0.05, 0) is 36.4 Å². The molecule has 0 radical (unpaired) electrons. The van der Waals surface area contributed by atoms with Gasteiger partial charge in [0.1, 0.15) is 11.6 Å². The summed E-state index contributed by atoms with van der Waals surface area (Å²) in [6, 6.07) is 7.88. The van der Waals surface area contributed by atoms with Crippen LogP contribution in [-0.2, 0) is 14.6 Å². The first-order chi connectivity index (χ1) is 13.8. The monoisotopic (exact) mass is 452 g/mol. The molecule has 0 saturated heterocycles. The second-order valence-electron chi connectivity index (χ2n) is 7.64. The molecule has 0 aliphatic rings. The number of sulfone groups is 1. The van der Waals surface area contributed by atoms with E-state index in [1.807, 2.05) is 0 Å². The maximum absolute atomic E-state index is 14.2. The highest BCUT2D eigenvalue weighted by Crippen LogP contribution is 2.29. The van der Waals surface area contributed by atoms with Gasteiger partial charge in [0.05, 0.1) is 21.8 Å². The van der Waals surface area contributed by atoms with Crippen LogP contribution < -0.4 is 4.74 Å². The minimum atomic E-state index is -3.52. The van der Waals surface area contributed by atoms with E-state index >= 15 is 0 Å². The average molecular weight is 453 g/mol. The van der Waals surface area contributed by atoms with Crippen LogP contribution in [-0.4, -0.2) is 31.4 Å². The lowest BCUT2D eigenvalue weighted by atomic mass is 9.89. The summed E-state index contributed by atoms with van der Waals surface area (Å²) in [5.74, 6) is 3.55. The Kier molecular flexibility index (Phi) is 7.17. The molecule has 2 rings (SSSR count). The molecule has 30 heavy (non-hydrogen) atoms. The van der Waals surface area contributed by atoms with Crippen molar-refractivity contribution in [3.63, 3.8) is 0 Å². The van der Waals surface area contributed by atoms with Crippen molar-refractivity contribution in [3.8, 4) is 17.6 Å². The molecule has 5 nitrogen and oxygen atoms in total. The molecule has 1 N–H and O–H groups in total. The van der Waals surface area contributed by atoms with E-state index in [4.69, 9.17) is 16.3 Å². The van der Waals surface area contributed by atoms with Crippen molar-refractivity contribution in [1.82, 2.24) is 0 Å². The zero-order valence-electron chi connectivity index (χ0n) is 17.0. The number of aliphatic carboxylic acids is 1. The van der Waals surface area contributed by atoms with E-state index in [-0.39, 0.29) is 27.5 Å². The first-order valence-corrected chi connectivity index (χ1v) is 11.1. The smallest absolute Gasteiger partial charge is 0.345 e. The van der Waals surface area contributed by atoms with Gasteiger partial charge < -0.3 is 9.84 Å². The topological polar surface area (TPSA) is 80.7 Å². The molecule has 0 heterocycles. The van der Waals surface area contributed by atoms with E-state index in [9.17, 15) is 22.7 Å². The number of rotatable bonds is 5. The van der Waals surface area contributed by atoms with Crippen molar-refractivity contribution in [2.75, 3.05) is 5.75 Å². The zero-order chi connectivity index (χ0) is 22.7. The van der Waals surface area contributed by atoms with Gasteiger partial charge in [0.15, 0.2) is 15.9 Å². The predicted molar refractivity (Wildman–Crippen MR) is 113 cm³/mol. The van der Waals surface area contributed by atoms with E-state index in [1.54, 1.807) is 20.8 Å². The summed E-state index contributed by atoms with van der Waals surface area (Å²) in [7, 11) is -3.52. The normalized spacial score (nSPS) is 12.6. The first kappa shape index (κ1) is 23.7. The fourth-order valence-corrected chi connectivity index (χ4v) is 3.60. The van der Waals surface area contributed by atoms with Crippen molar-refractivity contribution >= 4 is 27.4 Å². The van der Waals surface area contributed by atoms with Crippen LogP contribution in [0.4, 0.5) is 4.39 Å². The molecule has 2 aromatic rings. The van der Waals surface area contributed by atoms with Gasteiger partial charge in [0.2, 0.25) is 0 Å². The lowest BCUT2D eigenvalue weighted by molar-refractivity contribution is -0.150. The average Bonchev–Trinajstić information content (AvgIpc) is 2.65. The molecule has 160 valence electrons. The number of hydrogen-bond acceptors (Lipinski definition) is 4.